The smallest absolute Gasteiger partial charge is 0.500 e. The molecule has 0 unspecified atom stereocenters. The molecule has 0 aliphatic carbocycles. The van der Waals surface area contributed by atoms with Crippen LogP contribution in [-0.4, -0.2) is 43.7 Å². The third kappa shape index (κ3) is 5.97. The van der Waals surface area contributed by atoms with Gasteiger partial charge in [-0.25, -0.2) is 0 Å². The molecule has 0 atom stereocenters. The van der Waals surface area contributed by atoms with Crippen molar-refractivity contribution < 1.29 is 42.6 Å². The molecule has 0 bridgehead atoms. The third-order valence-corrected chi connectivity index (χ3v) is 4.74. The van der Waals surface area contributed by atoms with E-state index < -0.39 is 8.80 Å². The number of hydrogen-bond acceptors (Lipinski definition) is 3. The van der Waals surface area contributed by atoms with Crippen molar-refractivity contribution in [2.24, 2.45) is 0 Å². The highest BCUT2D eigenvalue weighted by atomic mass is 127. The van der Waals surface area contributed by atoms with E-state index in [0.717, 1.165) is 19.0 Å². The molecule has 0 saturated carbocycles. The highest BCUT2D eigenvalue weighted by Gasteiger charge is 2.36. The summed E-state index contributed by atoms with van der Waals surface area (Å²) in [4.78, 5) is 0. The second kappa shape index (κ2) is 9.35. The van der Waals surface area contributed by atoms with E-state index in [1.807, 2.05) is 0 Å². The quantitative estimate of drug-likeness (QED) is 0.300. The second-order valence-electron chi connectivity index (χ2n) is 2.60. The lowest BCUT2D eigenvalue weighted by Crippen LogP contribution is -3.00. The molecule has 0 rings (SSSR count). The van der Waals surface area contributed by atoms with Gasteiger partial charge in [0.25, 0.3) is 0 Å². The Kier molecular flexibility index (Phi) is 11.7. The molecular weight excluding hydrogens is 301 g/mol. The molecular formula is C7H20INO3Si. The summed E-state index contributed by atoms with van der Waals surface area (Å²) in [5.41, 5.74) is 0. The molecule has 82 valence electrons. The zero-order valence-corrected chi connectivity index (χ0v) is 12.0. The number of halogens is 1. The fourth-order valence-corrected chi connectivity index (χ4v) is 2.83. The molecule has 2 N–H and O–H groups in total. The summed E-state index contributed by atoms with van der Waals surface area (Å²) in [7, 11) is 4.72. The first kappa shape index (κ1) is 16.2. The standard InChI is InChI=1S/C7H19NO3Si.HI/c1-8-6-5-7-12(9-2,10-3)11-4;/h8H,5-7H2,1-4H3;1H. The van der Waals surface area contributed by atoms with Crippen LogP contribution < -0.4 is 29.3 Å². The van der Waals surface area contributed by atoms with Crippen molar-refractivity contribution in [3.05, 3.63) is 0 Å². The van der Waals surface area contributed by atoms with Gasteiger partial charge in [0.05, 0.1) is 13.6 Å². The van der Waals surface area contributed by atoms with Crippen molar-refractivity contribution in [2.45, 2.75) is 12.5 Å². The molecule has 0 aromatic carbocycles. The lowest BCUT2D eigenvalue weighted by Gasteiger charge is -2.23. The molecule has 0 aromatic rings. The van der Waals surface area contributed by atoms with E-state index in [1.54, 1.807) is 21.3 Å². The molecule has 0 aromatic heterocycles. The van der Waals surface area contributed by atoms with Crippen LogP contribution in [0.1, 0.15) is 6.42 Å². The van der Waals surface area contributed by atoms with Gasteiger partial charge in [-0.1, -0.05) is 0 Å². The van der Waals surface area contributed by atoms with Crippen LogP contribution in [0.4, 0.5) is 0 Å². The monoisotopic (exact) mass is 321 g/mol. The maximum Gasteiger partial charge on any atom is 0.500 e. The SMILES string of the molecule is C[NH2+]CCC[Si](OC)(OC)OC.[I-]. The van der Waals surface area contributed by atoms with Crippen LogP contribution in [0.15, 0.2) is 0 Å². The van der Waals surface area contributed by atoms with Gasteiger partial charge in [-0.3, -0.25) is 0 Å². The first-order chi connectivity index (χ1) is 5.74. The van der Waals surface area contributed by atoms with Crippen LogP contribution >= 0.6 is 0 Å². The molecule has 0 amide bonds. The molecule has 0 spiro atoms. The summed E-state index contributed by atoms with van der Waals surface area (Å²) < 4.78 is 15.8. The fraction of sp³-hybridized carbons (Fsp3) is 1.00. The summed E-state index contributed by atoms with van der Waals surface area (Å²) >= 11 is 0. The van der Waals surface area contributed by atoms with Gasteiger partial charge in [0.2, 0.25) is 0 Å². The van der Waals surface area contributed by atoms with E-state index in [1.165, 1.54) is 0 Å². The predicted octanol–water partition coefficient (Wildman–Crippen LogP) is -3.55. The van der Waals surface area contributed by atoms with Crippen molar-refractivity contribution in [3.8, 4) is 0 Å². The van der Waals surface area contributed by atoms with Gasteiger partial charge in [0.15, 0.2) is 0 Å². The Bertz CT molecular complexity index is 106. The van der Waals surface area contributed by atoms with Gasteiger partial charge in [-0.15, -0.1) is 0 Å². The maximum absolute atomic E-state index is 5.26. The minimum Gasteiger partial charge on any atom is -1.00 e. The van der Waals surface area contributed by atoms with E-state index in [0.29, 0.717) is 0 Å². The second-order valence-corrected chi connectivity index (χ2v) is 5.69. The summed E-state index contributed by atoms with van der Waals surface area (Å²) in [6.45, 7) is 1.09. The normalized spacial score (nSPS) is 11.1. The van der Waals surface area contributed by atoms with Crippen molar-refractivity contribution >= 4 is 8.80 Å². The Morgan fingerprint density at radius 1 is 1.08 bits per heavy atom. The molecule has 6 heteroatoms. The van der Waals surface area contributed by atoms with Crippen LogP contribution in [0, 0.1) is 0 Å². The van der Waals surface area contributed by atoms with Gasteiger partial charge in [0, 0.05) is 33.8 Å². The molecule has 0 heterocycles. The fourth-order valence-electron chi connectivity index (χ4n) is 1.08. The number of hydrogen-bond donors (Lipinski definition) is 1. The Hall–Kier alpha value is 0.787. The van der Waals surface area contributed by atoms with Crippen LogP contribution in [0.25, 0.3) is 0 Å². The number of rotatable bonds is 7. The first-order valence-electron chi connectivity index (χ1n) is 4.18. The van der Waals surface area contributed by atoms with Crippen LogP contribution in [-0.2, 0) is 13.3 Å². The van der Waals surface area contributed by atoms with Gasteiger partial charge >= 0.3 is 8.80 Å². The summed E-state index contributed by atoms with van der Waals surface area (Å²) in [5.74, 6) is 0. The lowest BCUT2D eigenvalue weighted by atomic mass is 10.5. The Balaban J connectivity index is 0. The zero-order chi connectivity index (χ0) is 9.45. The van der Waals surface area contributed by atoms with Crippen molar-refractivity contribution in [1.82, 2.24) is 0 Å². The zero-order valence-electron chi connectivity index (χ0n) is 8.80. The highest BCUT2D eigenvalue weighted by molar-refractivity contribution is 6.60. The summed E-state index contributed by atoms with van der Waals surface area (Å²) in [6.07, 6.45) is 1.07. The molecule has 0 aliphatic rings. The average Bonchev–Trinajstić information content (AvgIpc) is 2.14. The Morgan fingerprint density at radius 3 is 1.85 bits per heavy atom. The minimum absolute atomic E-state index is 0. The van der Waals surface area contributed by atoms with Gasteiger partial charge in [-0.2, -0.15) is 0 Å². The topological polar surface area (TPSA) is 44.3 Å². The van der Waals surface area contributed by atoms with E-state index in [2.05, 4.69) is 12.4 Å². The minimum atomic E-state index is -2.27. The van der Waals surface area contributed by atoms with Crippen molar-refractivity contribution in [2.75, 3.05) is 34.9 Å². The first-order valence-corrected chi connectivity index (χ1v) is 6.11. The van der Waals surface area contributed by atoms with E-state index in [4.69, 9.17) is 13.3 Å². The summed E-state index contributed by atoms with van der Waals surface area (Å²) in [5, 5.41) is 2.14. The van der Waals surface area contributed by atoms with E-state index in [9.17, 15) is 0 Å². The molecule has 0 radical (unpaired) electrons. The lowest BCUT2D eigenvalue weighted by molar-refractivity contribution is -0.626. The van der Waals surface area contributed by atoms with Crippen molar-refractivity contribution in [3.63, 3.8) is 0 Å². The third-order valence-electron chi connectivity index (χ3n) is 1.91. The molecule has 0 saturated heterocycles. The van der Waals surface area contributed by atoms with Gasteiger partial charge in [-0.05, 0) is 0 Å². The van der Waals surface area contributed by atoms with E-state index >= 15 is 0 Å². The summed E-state index contributed by atoms with van der Waals surface area (Å²) in [6, 6.07) is 0.890. The highest BCUT2D eigenvalue weighted by Crippen LogP contribution is 2.13. The van der Waals surface area contributed by atoms with Gasteiger partial charge in [0.1, 0.15) is 0 Å². The average molecular weight is 321 g/mol. The maximum atomic E-state index is 5.26. The van der Waals surface area contributed by atoms with E-state index in [-0.39, 0.29) is 24.0 Å². The van der Waals surface area contributed by atoms with Crippen LogP contribution in [0.3, 0.4) is 0 Å². The Morgan fingerprint density at radius 2 is 1.54 bits per heavy atom. The molecule has 4 nitrogen and oxygen atoms in total. The largest absolute Gasteiger partial charge is 1.00 e. The van der Waals surface area contributed by atoms with Gasteiger partial charge < -0.3 is 42.6 Å². The number of nitrogens with two attached hydrogens (primary N) is 1. The van der Waals surface area contributed by atoms with Crippen molar-refractivity contribution in [1.29, 1.82) is 0 Å². The molecule has 0 aliphatic heterocycles. The predicted molar refractivity (Wildman–Crippen MR) is 48.9 cm³/mol. The molecule has 0 fully saturated rings. The number of quaternary nitrogens is 1. The Labute approximate surface area is 98.7 Å². The van der Waals surface area contributed by atoms with Crippen LogP contribution in [0.2, 0.25) is 6.04 Å². The molecule has 13 heavy (non-hydrogen) atoms. The van der Waals surface area contributed by atoms with Crippen LogP contribution in [0.5, 0.6) is 0 Å².